The second kappa shape index (κ2) is 7.77. The van der Waals surface area contributed by atoms with Crippen LogP contribution in [0.4, 0.5) is 0 Å². The number of carboxylic acid groups (broad SMARTS) is 1. The summed E-state index contributed by atoms with van der Waals surface area (Å²) in [6.07, 6.45) is 1.49. The Morgan fingerprint density at radius 3 is 2.84 bits per heavy atom. The molecule has 0 radical (unpaired) electrons. The van der Waals surface area contributed by atoms with E-state index < -0.39 is 12.0 Å². The molecule has 4 nitrogen and oxygen atoms in total. The molecule has 132 valence electrons. The lowest BCUT2D eigenvalue weighted by atomic mass is 9.95. The zero-order chi connectivity index (χ0) is 18.0. The number of ether oxygens (including phenoxy) is 1. The highest BCUT2D eigenvalue weighted by molar-refractivity contribution is 9.10. The molecule has 0 aromatic heterocycles. The predicted molar refractivity (Wildman–Crippen MR) is 101 cm³/mol. The number of aliphatic carboxylic acids is 1. The van der Waals surface area contributed by atoms with E-state index in [1.807, 2.05) is 41.3 Å². The van der Waals surface area contributed by atoms with E-state index in [2.05, 4.69) is 15.9 Å². The van der Waals surface area contributed by atoms with Crippen LogP contribution in [0.25, 0.3) is 0 Å². The van der Waals surface area contributed by atoms with Crippen molar-refractivity contribution in [2.45, 2.75) is 24.9 Å². The summed E-state index contributed by atoms with van der Waals surface area (Å²) in [7, 11) is 1.61. The van der Waals surface area contributed by atoms with Crippen LogP contribution in [0.5, 0.6) is 5.75 Å². The van der Waals surface area contributed by atoms with Gasteiger partial charge in [-0.05, 0) is 48.7 Å². The van der Waals surface area contributed by atoms with Crippen molar-refractivity contribution in [3.8, 4) is 5.75 Å². The fourth-order valence-electron chi connectivity index (χ4n) is 3.51. The molecular weight excluding hydrogens is 406 g/mol. The van der Waals surface area contributed by atoms with Gasteiger partial charge >= 0.3 is 5.97 Å². The standard InChI is InChI=1S/C19H19BrClNO3/c1-25-17-8-7-14(21)11-15(17)18(12-4-2-5-13(20)10-12)22-9-3-6-16(22)19(23)24/h2,4-5,7-8,10-11,16,18H,3,6,9H2,1H3,(H,23,24). The number of hydrogen-bond donors (Lipinski definition) is 1. The number of rotatable bonds is 5. The van der Waals surface area contributed by atoms with Crippen LogP contribution >= 0.6 is 27.5 Å². The van der Waals surface area contributed by atoms with Crippen molar-refractivity contribution >= 4 is 33.5 Å². The Morgan fingerprint density at radius 1 is 1.36 bits per heavy atom. The van der Waals surface area contributed by atoms with Crippen molar-refractivity contribution in [3.63, 3.8) is 0 Å². The summed E-state index contributed by atoms with van der Waals surface area (Å²) in [4.78, 5) is 13.8. The second-order valence-corrected chi connectivity index (χ2v) is 7.43. The second-order valence-electron chi connectivity index (χ2n) is 6.08. The number of nitrogens with zero attached hydrogens (tertiary/aromatic N) is 1. The van der Waals surface area contributed by atoms with Gasteiger partial charge in [-0.15, -0.1) is 0 Å². The van der Waals surface area contributed by atoms with Crippen LogP contribution in [-0.4, -0.2) is 35.7 Å². The van der Waals surface area contributed by atoms with E-state index in [1.165, 1.54) is 0 Å². The lowest BCUT2D eigenvalue weighted by Crippen LogP contribution is -2.39. The summed E-state index contributed by atoms with van der Waals surface area (Å²) < 4.78 is 6.49. The van der Waals surface area contributed by atoms with Crippen LogP contribution in [-0.2, 0) is 4.79 Å². The van der Waals surface area contributed by atoms with Crippen LogP contribution in [0.3, 0.4) is 0 Å². The van der Waals surface area contributed by atoms with Gasteiger partial charge in [-0.25, -0.2) is 0 Å². The summed E-state index contributed by atoms with van der Waals surface area (Å²) in [5.74, 6) is -0.0936. The fourth-order valence-corrected chi connectivity index (χ4v) is 4.11. The van der Waals surface area contributed by atoms with Gasteiger partial charge in [0.15, 0.2) is 0 Å². The molecule has 1 aliphatic rings. The summed E-state index contributed by atoms with van der Waals surface area (Å²) in [5.41, 5.74) is 1.88. The molecule has 1 saturated heterocycles. The summed E-state index contributed by atoms with van der Waals surface area (Å²) in [5, 5.41) is 10.3. The van der Waals surface area contributed by atoms with Crippen LogP contribution in [0.1, 0.15) is 30.0 Å². The first-order chi connectivity index (χ1) is 12.0. The smallest absolute Gasteiger partial charge is 0.320 e. The van der Waals surface area contributed by atoms with Crippen LogP contribution in [0, 0.1) is 0 Å². The Bertz CT molecular complexity index is 783. The van der Waals surface area contributed by atoms with Gasteiger partial charge in [0.25, 0.3) is 0 Å². The molecule has 0 amide bonds. The number of hydrogen-bond acceptors (Lipinski definition) is 3. The largest absolute Gasteiger partial charge is 0.496 e. The molecule has 0 bridgehead atoms. The molecule has 1 N–H and O–H groups in total. The highest BCUT2D eigenvalue weighted by Crippen LogP contribution is 2.40. The monoisotopic (exact) mass is 423 g/mol. The van der Waals surface area contributed by atoms with Crippen molar-refractivity contribution < 1.29 is 14.6 Å². The molecule has 1 heterocycles. The Hall–Kier alpha value is -1.56. The van der Waals surface area contributed by atoms with Crippen molar-refractivity contribution in [2.24, 2.45) is 0 Å². The van der Waals surface area contributed by atoms with E-state index >= 15 is 0 Å². The highest BCUT2D eigenvalue weighted by atomic mass is 79.9. The summed E-state index contributed by atoms with van der Waals surface area (Å²) in [6, 6.07) is 12.6. The lowest BCUT2D eigenvalue weighted by Gasteiger charge is -2.33. The summed E-state index contributed by atoms with van der Waals surface area (Å²) >= 11 is 9.76. The van der Waals surface area contributed by atoms with E-state index in [-0.39, 0.29) is 6.04 Å². The molecule has 25 heavy (non-hydrogen) atoms. The minimum atomic E-state index is -0.793. The molecule has 0 aliphatic carbocycles. The number of methoxy groups -OCH3 is 1. The van der Waals surface area contributed by atoms with E-state index in [9.17, 15) is 9.90 Å². The Morgan fingerprint density at radius 2 is 2.16 bits per heavy atom. The Labute approximate surface area is 160 Å². The third kappa shape index (κ3) is 3.84. The van der Waals surface area contributed by atoms with E-state index in [1.54, 1.807) is 13.2 Å². The quantitative estimate of drug-likeness (QED) is 0.752. The molecule has 0 saturated carbocycles. The fraction of sp³-hybridized carbons (Fsp3) is 0.316. The van der Waals surface area contributed by atoms with Crippen molar-refractivity contribution in [3.05, 3.63) is 63.1 Å². The van der Waals surface area contributed by atoms with Gasteiger partial charge in [0.2, 0.25) is 0 Å². The maximum absolute atomic E-state index is 11.8. The van der Waals surface area contributed by atoms with Crippen LogP contribution in [0.15, 0.2) is 46.9 Å². The average molecular weight is 425 g/mol. The number of halogens is 2. The maximum Gasteiger partial charge on any atom is 0.320 e. The van der Waals surface area contributed by atoms with Gasteiger partial charge in [0, 0.05) is 21.6 Å². The molecule has 6 heteroatoms. The van der Waals surface area contributed by atoms with Crippen molar-refractivity contribution in [2.75, 3.05) is 13.7 Å². The molecule has 2 unspecified atom stereocenters. The van der Waals surface area contributed by atoms with Gasteiger partial charge in [-0.1, -0.05) is 39.7 Å². The Kier molecular flexibility index (Phi) is 5.67. The Balaban J connectivity index is 2.16. The lowest BCUT2D eigenvalue weighted by molar-refractivity contribution is -0.142. The van der Waals surface area contributed by atoms with E-state index in [4.69, 9.17) is 16.3 Å². The zero-order valence-corrected chi connectivity index (χ0v) is 16.1. The molecule has 2 aromatic carbocycles. The molecule has 0 spiro atoms. The normalized spacial score (nSPS) is 18.9. The molecule has 1 fully saturated rings. The first kappa shape index (κ1) is 18.2. The average Bonchev–Trinajstić information content (AvgIpc) is 3.05. The van der Waals surface area contributed by atoms with Crippen molar-refractivity contribution in [1.29, 1.82) is 0 Å². The third-order valence-corrected chi connectivity index (χ3v) is 5.29. The van der Waals surface area contributed by atoms with Gasteiger partial charge in [-0.2, -0.15) is 0 Å². The van der Waals surface area contributed by atoms with Gasteiger partial charge in [-0.3, -0.25) is 9.69 Å². The molecule has 2 atom stereocenters. The number of likely N-dealkylation sites (tertiary alicyclic amines) is 1. The molecule has 1 aliphatic heterocycles. The minimum absolute atomic E-state index is 0.241. The van der Waals surface area contributed by atoms with Gasteiger partial charge in [0.1, 0.15) is 11.8 Å². The van der Waals surface area contributed by atoms with Gasteiger partial charge in [0.05, 0.1) is 13.2 Å². The SMILES string of the molecule is COc1ccc(Cl)cc1C(c1cccc(Br)c1)N1CCCC1C(=O)O. The van der Waals surface area contributed by atoms with Crippen molar-refractivity contribution in [1.82, 2.24) is 4.90 Å². The third-order valence-electron chi connectivity index (χ3n) is 4.56. The van der Waals surface area contributed by atoms with E-state index in [0.29, 0.717) is 23.7 Å². The number of benzene rings is 2. The topological polar surface area (TPSA) is 49.8 Å². The highest BCUT2D eigenvalue weighted by Gasteiger charge is 2.38. The zero-order valence-electron chi connectivity index (χ0n) is 13.8. The van der Waals surface area contributed by atoms with E-state index in [0.717, 1.165) is 22.0 Å². The molecule has 3 rings (SSSR count). The van der Waals surface area contributed by atoms with Gasteiger partial charge < -0.3 is 9.84 Å². The predicted octanol–water partition coefficient (Wildman–Crippen LogP) is 4.75. The minimum Gasteiger partial charge on any atom is -0.496 e. The number of carboxylic acids is 1. The maximum atomic E-state index is 11.8. The number of carbonyl (C=O) groups is 1. The first-order valence-electron chi connectivity index (χ1n) is 8.08. The molecule has 2 aromatic rings. The molecular formula is C19H19BrClNO3. The summed E-state index contributed by atoms with van der Waals surface area (Å²) in [6.45, 7) is 0.712. The van der Waals surface area contributed by atoms with Crippen LogP contribution in [0.2, 0.25) is 5.02 Å². The first-order valence-corrected chi connectivity index (χ1v) is 9.26. The van der Waals surface area contributed by atoms with Crippen LogP contribution < -0.4 is 4.74 Å².